The molecule has 0 aliphatic rings. The van der Waals surface area contributed by atoms with Crippen LogP contribution in [0.1, 0.15) is 25.8 Å². The molecule has 1 N–H and O–H groups in total. The molecule has 1 aromatic carbocycles. The largest absolute Gasteiger partial charge is 0.480 e. The zero-order valence-electron chi connectivity index (χ0n) is 10.1. The molecule has 90 valence electrons. The first-order valence-corrected chi connectivity index (χ1v) is 5.62. The Hall–Kier alpha value is -2.02. The number of carbonyl (C=O) groups excluding carboxylic acids is 1. The highest BCUT2D eigenvalue weighted by Gasteiger charge is 2.15. The predicted octanol–water partition coefficient (Wildman–Crippen LogP) is 1.85. The zero-order valence-corrected chi connectivity index (χ0v) is 10.1. The monoisotopic (exact) mass is 232 g/mol. The Bertz CT molecular complexity index is 424. The molecule has 1 atom stereocenters. The van der Waals surface area contributed by atoms with Crippen molar-refractivity contribution in [1.29, 1.82) is 5.26 Å². The summed E-state index contributed by atoms with van der Waals surface area (Å²) >= 11 is 0. The minimum absolute atomic E-state index is 0.167. The van der Waals surface area contributed by atoms with Crippen LogP contribution in [0.5, 0.6) is 5.75 Å². The van der Waals surface area contributed by atoms with Crippen molar-refractivity contribution in [3.8, 4) is 11.8 Å². The lowest BCUT2D eigenvalue weighted by atomic mass is 10.2. The van der Waals surface area contributed by atoms with Gasteiger partial charge in [0.2, 0.25) is 0 Å². The van der Waals surface area contributed by atoms with Gasteiger partial charge in [-0.25, -0.2) is 0 Å². The van der Waals surface area contributed by atoms with Gasteiger partial charge in [0.25, 0.3) is 5.91 Å². The van der Waals surface area contributed by atoms with Crippen LogP contribution in [0.4, 0.5) is 0 Å². The summed E-state index contributed by atoms with van der Waals surface area (Å²) in [4.78, 5) is 11.6. The van der Waals surface area contributed by atoms with Crippen LogP contribution in [-0.2, 0) is 4.79 Å². The number of carbonyl (C=O) groups is 1. The van der Waals surface area contributed by atoms with Crippen LogP contribution in [0.25, 0.3) is 0 Å². The Kier molecular flexibility index (Phi) is 5.02. The fourth-order valence-corrected chi connectivity index (χ4v) is 1.30. The number of nitrogens with one attached hydrogen (secondary N) is 1. The molecule has 0 saturated carbocycles. The number of para-hydroxylation sites is 1. The topological polar surface area (TPSA) is 62.1 Å². The first-order chi connectivity index (χ1) is 8.19. The molecule has 0 fully saturated rings. The molecule has 17 heavy (non-hydrogen) atoms. The van der Waals surface area contributed by atoms with Gasteiger partial charge in [-0.2, -0.15) is 5.26 Å². The van der Waals surface area contributed by atoms with E-state index in [4.69, 9.17) is 10.00 Å². The normalized spacial score (nSPS) is 11.4. The molecule has 0 saturated heterocycles. The second-order valence-corrected chi connectivity index (χ2v) is 3.66. The summed E-state index contributed by atoms with van der Waals surface area (Å²) in [5.74, 6) is 0.272. The van der Waals surface area contributed by atoms with Crippen molar-refractivity contribution in [3.63, 3.8) is 0 Å². The number of benzene rings is 1. The molecule has 0 aliphatic carbocycles. The summed E-state index contributed by atoms with van der Waals surface area (Å²) in [5.41, 5.74) is 0.433. The maximum Gasteiger partial charge on any atom is 0.260 e. The van der Waals surface area contributed by atoms with Crippen LogP contribution in [0.15, 0.2) is 24.3 Å². The molecule has 0 heterocycles. The van der Waals surface area contributed by atoms with Gasteiger partial charge in [-0.1, -0.05) is 19.1 Å². The number of nitriles is 1. The van der Waals surface area contributed by atoms with Gasteiger partial charge in [-0.05, 0) is 25.5 Å². The van der Waals surface area contributed by atoms with Crippen molar-refractivity contribution < 1.29 is 9.53 Å². The molecule has 0 spiro atoms. The first-order valence-electron chi connectivity index (χ1n) is 5.62. The highest BCUT2D eigenvalue weighted by Crippen LogP contribution is 2.17. The van der Waals surface area contributed by atoms with Crippen LogP contribution in [0, 0.1) is 11.3 Å². The standard InChI is InChI=1S/C13H16N2O2/c1-3-8-15-13(16)10(2)17-12-7-5-4-6-11(12)9-14/h4-7,10H,3,8H2,1-2H3,(H,15,16). The lowest BCUT2D eigenvalue weighted by molar-refractivity contribution is -0.127. The number of hydrogen-bond donors (Lipinski definition) is 1. The molecule has 0 radical (unpaired) electrons. The van der Waals surface area contributed by atoms with Crippen molar-refractivity contribution in [2.24, 2.45) is 0 Å². The minimum Gasteiger partial charge on any atom is -0.480 e. The van der Waals surface area contributed by atoms with E-state index in [0.717, 1.165) is 6.42 Å². The lowest BCUT2D eigenvalue weighted by Gasteiger charge is -2.15. The summed E-state index contributed by atoms with van der Waals surface area (Å²) in [7, 11) is 0. The fourth-order valence-electron chi connectivity index (χ4n) is 1.30. The minimum atomic E-state index is -0.601. The fraction of sp³-hybridized carbons (Fsp3) is 0.385. The van der Waals surface area contributed by atoms with E-state index in [1.165, 1.54) is 0 Å². The van der Waals surface area contributed by atoms with Gasteiger partial charge in [0.05, 0.1) is 5.56 Å². The first kappa shape index (κ1) is 13.0. The van der Waals surface area contributed by atoms with Gasteiger partial charge < -0.3 is 10.1 Å². The predicted molar refractivity (Wildman–Crippen MR) is 64.5 cm³/mol. The van der Waals surface area contributed by atoms with Gasteiger partial charge in [-0.3, -0.25) is 4.79 Å². The number of amides is 1. The Morgan fingerprint density at radius 1 is 1.53 bits per heavy atom. The third kappa shape index (κ3) is 3.80. The van der Waals surface area contributed by atoms with E-state index < -0.39 is 6.10 Å². The Morgan fingerprint density at radius 3 is 2.88 bits per heavy atom. The zero-order chi connectivity index (χ0) is 12.7. The second-order valence-electron chi connectivity index (χ2n) is 3.66. The average Bonchev–Trinajstić information content (AvgIpc) is 2.36. The molecule has 4 nitrogen and oxygen atoms in total. The highest BCUT2D eigenvalue weighted by atomic mass is 16.5. The Morgan fingerprint density at radius 2 is 2.24 bits per heavy atom. The van der Waals surface area contributed by atoms with Crippen LogP contribution < -0.4 is 10.1 Å². The Labute approximate surface area is 101 Å². The molecule has 0 aromatic heterocycles. The maximum atomic E-state index is 11.6. The number of ether oxygens (including phenoxy) is 1. The summed E-state index contributed by atoms with van der Waals surface area (Å²) < 4.78 is 5.46. The van der Waals surface area contributed by atoms with Crippen molar-refractivity contribution in [3.05, 3.63) is 29.8 Å². The quantitative estimate of drug-likeness (QED) is 0.842. The summed E-state index contributed by atoms with van der Waals surface area (Å²) in [6, 6.07) is 8.90. The molecule has 1 amide bonds. The summed E-state index contributed by atoms with van der Waals surface area (Å²) in [5, 5.41) is 11.6. The number of hydrogen-bond acceptors (Lipinski definition) is 3. The highest BCUT2D eigenvalue weighted by molar-refractivity contribution is 5.80. The van der Waals surface area contributed by atoms with Crippen LogP contribution in [0.2, 0.25) is 0 Å². The molecule has 1 rings (SSSR count). The van der Waals surface area contributed by atoms with Crippen LogP contribution in [0.3, 0.4) is 0 Å². The molecule has 1 aromatic rings. The molecular formula is C13H16N2O2. The smallest absolute Gasteiger partial charge is 0.260 e. The molecule has 0 aliphatic heterocycles. The van der Waals surface area contributed by atoms with E-state index in [-0.39, 0.29) is 5.91 Å². The third-order valence-corrected chi connectivity index (χ3v) is 2.23. The van der Waals surface area contributed by atoms with E-state index in [1.54, 1.807) is 31.2 Å². The second kappa shape index (κ2) is 6.54. The van der Waals surface area contributed by atoms with E-state index in [0.29, 0.717) is 17.9 Å². The van der Waals surface area contributed by atoms with Crippen molar-refractivity contribution in [1.82, 2.24) is 5.32 Å². The van der Waals surface area contributed by atoms with Gasteiger partial charge in [0, 0.05) is 6.54 Å². The third-order valence-electron chi connectivity index (χ3n) is 2.23. The molecular weight excluding hydrogens is 216 g/mol. The Balaban J connectivity index is 2.65. The molecule has 1 unspecified atom stereocenters. The average molecular weight is 232 g/mol. The summed E-state index contributed by atoms with van der Waals surface area (Å²) in [6.07, 6.45) is 0.281. The SMILES string of the molecule is CCCNC(=O)C(C)Oc1ccccc1C#N. The van der Waals surface area contributed by atoms with E-state index in [2.05, 4.69) is 5.32 Å². The number of rotatable bonds is 5. The van der Waals surface area contributed by atoms with E-state index >= 15 is 0 Å². The number of nitrogens with zero attached hydrogens (tertiary/aromatic N) is 1. The van der Waals surface area contributed by atoms with E-state index in [1.807, 2.05) is 13.0 Å². The molecule has 0 bridgehead atoms. The maximum absolute atomic E-state index is 11.6. The van der Waals surface area contributed by atoms with E-state index in [9.17, 15) is 4.79 Å². The van der Waals surface area contributed by atoms with Crippen LogP contribution >= 0.6 is 0 Å². The molecule has 4 heteroatoms. The lowest BCUT2D eigenvalue weighted by Crippen LogP contribution is -2.36. The van der Waals surface area contributed by atoms with Crippen LogP contribution in [-0.4, -0.2) is 18.6 Å². The summed E-state index contributed by atoms with van der Waals surface area (Å²) in [6.45, 7) is 4.28. The van der Waals surface area contributed by atoms with Gasteiger partial charge in [0.15, 0.2) is 6.10 Å². The van der Waals surface area contributed by atoms with Crippen molar-refractivity contribution >= 4 is 5.91 Å². The van der Waals surface area contributed by atoms with Gasteiger partial charge >= 0.3 is 0 Å². The van der Waals surface area contributed by atoms with Crippen molar-refractivity contribution in [2.75, 3.05) is 6.54 Å². The van der Waals surface area contributed by atoms with Gasteiger partial charge in [0.1, 0.15) is 11.8 Å². The van der Waals surface area contributed by atoms with Gasteiger partial charge in [-0.15, -0.1) is 0 Å². The van der Waals surface area contributed by atoms with Crippen molar-refractivity contribution in [2.45, 2.75) is 26.4 Å².